The van der Waals surface area contributed by atoms with Gasteiger partial charge in [0.05, 0.1) is 6.61 Å². The second kappa shape index (κ2) is 5.65. The van der Waals surface area contributed by atoms with Crippen LogP contribution in [0.15, 0.2) is 0 Å². The van der Waals surface area contributed by atoms with E-state index in [1.54, 1.807) is 0 Å². The summed E-state index contributed by atoms with van der Waals surface area (Å²) in [7, 11) is 2.20. The van der Waals surface area contributed by atoms with Gasteiger partial charge in [0, 0.05) is 44.7 Å². The van der Waals surface area contributed by atoms with E-state index in [4.69, 9.17) is 4.74 Å². The van der Waals surface area contributed by atoms with Crippen LogP contribution in [0.25, 0.3) is 0 Å². The Morgan fingerprint density at radius 2 is 1.94 bits per heavy atom. The monoisotopic (exact) mass is 241 g/mol. The van der Waals surface area contributed by atoms with Crippen molar-refractivity contribution in [2.75, 3.05) is 52.9 Å². The summed E-state index contributed by atoms with van der Waals surface area (Å²) < 4.78 is 5.86. The third-order valence-electron chi connectivity index (χ3n) is 3.79. The third kappa shape index (κ3) is 4.21. The minimum absolute atomic E-state index is 0.266. The van der Waals surface area contributed by atoms with E-state index in [0.29, 0.717) is 5.41 Å². The van der Waals surface area contributed by atoms with E-state index in [2.05, 4.69) is 36.0 Å². The lowest BCUT2D eigenvalue weighted by Crippen LogP contribution is -2.50. The van der Waals surface area contributed by atoms with E-state index < -0.39 is 0 Å². The molecular formula is C13H27N3O. The van der Waals surface area contributed by atoms with Gasteiger partial charge in [0.25, 0.3) is 0 Å². The zero-order valence-corrected chi connectivity index (χ0v) is 11.5. The van der Waals surface area contributed by atoms with Crippen LogP contribution < -0.4 is 5.32 Å². The molecule has 4 nitrogen and oxygen atoms in total. The fourth-order valence-electron chi connectivity index (χ4n) is 2.38. The van der Waals surface area contributed by atoms with E-state index in [9.17, 15) is 0 Å². The number of nitrogens with zero attached hydrogens (tertiary/aromatic N) is 2. The smallest absolute Gasteiger partial charge is 0.109 e. The topological polar surface area (TPSA) is 27.7 Å². The molecule has 2 aliphatic rings. The molecular weight excluding hydrogens is 214 g/mol. The molecule has 0 spiro atoms. The number of hydrogen-bond donors (Lipinski definition) is 1. The number of rotatable bonds is 3. The Morgan fingerprint density at radius 3 is 2.53 bits per heavy atom. The molecule has 2 saturated heterocycles. The minimum atomic E-state index is 0.266. The Kier molecular flexibility index (Phi) is 4.42. The molecule has 2 heterocycles. The van der Waals surface area contributed by atoms with Gasteiger partial charge in [0.1, 0.15) is 6.23 Å². The van der Waals surface area contributed by atoms with E-state index in [-0.39, 0.29) is 6.23 Å². The summed E-state index contributed by atoms with van der Waals surface area (Å²) in [5.41, 5.74) is 0.296. The Hall–Kier alpha value is -0.160. The molecule has 0 amide bonds. The first-order chi connectivity index (χ1) is 8.05. The number of likely N-dealkylation sites (N-methyl/N-ethyl adjacent to an activating group) is 1. The lowest BCUT2D eigenvalue weighted by molar-refractivity contribution is -0.0645. The van der Waals surface area contributed by atoms with Crippen molar-refractivity contribution in [3.05, 3.63) is 0 Å². The second-order valence-corrected chi connectivity index (χ2v) is 6.28. The Morgan fingerprint density at radius 1 is 1.24 bits per heavy atom. The van der Waals surface area contributed by atoms with Crippen molar-refractivity contribution in [1.29, 1.82) is 0 Å². The van der Waals surface area contributed by atoms with E-state index in [1.165, 1.54) is 26.2 Å². The Bertz CT molecular complexity index is 227. The summed E-state index contributed by atoms with van der Waals surface area (Å²) in [6, 6.07) is 0. The molecule has 1 atom stereocenters. The first-order valence-electron chi connectivity index (χ1n) is 6.81. The number of ether oxygens (including phenoxy) is 1. The molecule has 17 heavy (non-hydrogen) atoms. The maximum Gasteiger partial charge on any atom is 0.109 e. The van der Waals surface area contributed by atoms with Gasteiger partial charge >= 0.3 is 0 Å². The molecule has 0 aromatic carbocycles. The minimum Gasteiger partial charge on any atom is -0.363 e. The van der Waals surface area contributed by atoms with Crippen molar-refractivity contribution in [2.24, 2.45) is 5.41 Å². The van der Waals surface area contributed by atoms with E-state index in [0.717, 1.165) is 26.1 Å². The quantitative estimate of drug-likeness (QED) is 0.783. The van der Waals surface area contributed by atoms with Crippen molar-refractivity contribution >= 4 is 0 Å². The lowest BCUT2D eigenvalue weighted by Gasteiger charge is -2.37. The number of piperazine rings is 1. The van der Waals surface area contributed by atoms with Crippen LogP contribution in [0.5, 0.6) is 0 Å². The Balaban J connectivity index is 1.63. The van der Waals surface area contributed by atoms with Crippen LogP contribution in [0.2, 0.25) is 0 Å². The summed E-state index contributed by atoms with van der Waals surface area (Å²) in [4.78, 5) is 4.94. The normalized spacial score (nSPS) is 31.6. The molecule has 0 radical (unpaired) electrons. The number of hydrogen-bond acceptors (Lipinski definition) is 4. The predicted octanol–water partition coefficient (Wildman–Crippen LogP) is 0.596. The zero-order valence-electron chi connectivity index (χ0n) is 11.5. The van der Waals surface area contributed by atoms with Crippen molar-refractivity contribution in [2.45, 2.75) is 26.5 Å². The van der Waals surface area contributed by atoms with Gasteiger partial charge < -0.3 is 14.5 Å². The van der Waals surface area contributed by atoms with Crippen LogP contribution in [-0.2, 0) is 4.74 Å². The SMILES string of the molecule is CN1CCN(CCC2NCC(C)(C)CO2)CC1. The molecule has 0 bridgehead atoms. The Labute approximate surface area is 105 Å². The van der Waals surface area contributed by atoms with Gasteiger partial charge in [0.15, 0.2) is 0 Å². The summed E-state index contributed by atoms with van der Waals surface area (Å²) in [5, 5.41) is 3.50. The summed E-state index contributed by atoms with van der Waals surface area (Å²) in [6.07, 6.45) is 1.38. The molecule has 0 aromatic heterocycles. The molecule has 0 aromatic rings. The van der Waals surface area contributed by atoms with Crippen molar-refractivity contribution < 1.29 is 4.74 Å². The highest BCUT2D eigenvalue weighted by molar-refractivity contribution is 4.78. The summed E-state index contributed by atoms with van der Waals surface area (Å²) in [5.74, 6) is 0. The lowest BCUT2D eigenvalue weighted by atomic mass is 9.93. The standard InChI is InChI=1S/C13H27N3O/c1-13(2)10-14-12(17-11-13)4-5-16-8-6-15(3)7-9-16/h12,14H,4-11H2,1-3H3. The number of nitrogens with one attached hydrogen (secondary N) is 1. The van der Waals surface area contributed by atoms with Gasteiger partial charge in [-0.2, -0.15) is 0 Å². The molecule has 2 fully saturated rings. The average molecular weight is 241 g/mol. The predicted molar refractivity (Wildman–Crippen MR) is 70.1 cm³/mol. The van der Waals surface area contributed by atoms with Gasteiger partial charge in [0.2, 0.25) is 0 Å². The van der Waals surface area contributed by atoms with Gasteiger partial charge in [-0.25, -0.2) is 0 Å². The zero-order chi connectivity index (χ0) is 12.3. The maximum atomic E-state index is 5.86. The molecule has 0 saturated carbocycles. The van der Waals surface area contributed by atoms with Gasteiger partial charge in [-0.15, -0.1) is 0 Å². The van der Waals surface area contributed by atoms with Crippen molar-refractivity contribution in [3.63, 3.8) is 0 Å². The van der Waals surface area contributed by atoms with Crippen LogP contribution in [0.3, 0.4) is 0 Å². The largest absolute Gasteiger partial charge is 0.363 e. The van der Waals surface area contributed by atoms with Crippen LogP contribution in [-0.4, -0.2) is 69.0 Å². The highest BCUT2D eigenvalue weighted by Crippen LogP contribution is 2.20. The summed E-state index contributed by atoms with van der Waals surface area (Å²) >= 11 is 0. The first-order valence-corrected chi connectivity index (χ1v) is 6.81. The molecule has 1 N–H and O–H groups in total. The van der Waals surface area contributed by atoms with Gasteiger partial charge in [-0.3, -0.25) is 5.32 Å². The fourth-order valence-corrected chi connectivity index (χ4v) is 2.38. The van der Waals surface area contributed by atoms with Crippen molar-refractivity contribution in [3.8, 4) is 0 Å². The fraction of sp³-hybridized carbons (Fsp3) is 1.00. The van der Waals surface area contributed by atoms with Crippen LogP contribution in [0.1, 0.15) is 20.3 Å². The van der Waals surface area contributed by atoms with E-state index in [1.807, 2.05) is 0 Å². The maximum absolute atomic E-state index is 5.86. The van der Waals surface area contributed by atoms with Crippen LogP contribution >= 0.6 is 0 Å². The molecule has 4 heteroatoms. The molecule has 2 aliphatic heterocycles. The third-order valence-corrected chi connectivity index (χ3v) is 3.79. The highest BCUT2D eigenvalue weighted by Gasteiger charge is 2.27. The average Bonchev–Trinajstić information content (AvgIpc) is 2.30. The van der Waals surface area contributed by atoms with Crippen molar-refractivity contribution in [1.82, 2.24) is 15.1 Å². The van der Waals surface area contributed by atoms with Crippen LogP contribution in [0, 0.1) is 5.41 Å². The van der Waals surface area contributed by atoms with E-state index >= 15 is 0 Å². The highest BCUT2D eigenvalue weighted by atomic mass is 16.5. The molecule has 1 unspecified atom stereocenters. The first kappa shape index (κ1) is 13.3. The second-order valence-electron chi connectivity index (χ2n) is 6.28. The molecule has 100 valence electrons. The summed E-state index contributed by atoms with van der Waals surface area (Å²) in [6.45, 7) is 12.4. The molecule has 2 rings (SSSR count). The van der Waals surface area contributed by atoms with Gasteiger partial charge in [-0.1, -0.05) is 13.8 Å². The van der Waals surface area contributed by atoms with Crippen LogP contribution in [0.4, 0.5) is 0 Å². The van der Waals surface area contributed by atoms with Gasteiger partial charge in [-0.05, 0) is 13.5 Å². The molecule has 0 aliphatic carbocycles.